The van der Waals surface area contributed by atoms with E-state index in [9.17, 15) is 0 Å². The zero-order chi connectivity index (χ0) is 10.7. The Labute approximate surface area is 88.7 Å². The molecule has 0 unspecified atom stereocenters. The fourth-order valence-corrected chi connectivity index (χ4v) is 1.53. The summed E-state index contributed by atoms with van der Waals surface area (Å²) in [6.45, 7) is 2.99. The molecule has 0 saturated heterocycles. The van der Waals surface area contributed by atoms with Crippen LogP contribution in [0.2, 0.25) is 0 Å². The van der Waals surface area contributed by atoms with Gasteiger partial charge in [0.1, 0.15) is 11.3 Å². The van der Waals surface area contributed by atoms with Gasteiger partial charge in [-0.05, 0) is 19.1 Å². The molecule has 2 aromatic rings. The van der Waals surface area contributed by atoms with Gasteiger partial charge in [0.15, 0.2) is 0 Å². The Morgan fingerprint density at radius 2 is 2.20 bits per heavy atom. The smallest absolute Gasteiger partial charge is 0.134 e. The monoisotopic (exact) mass is 205 g/mol. The average Bonchev–Trinajstić information content (AvgIpc) is 2.59. The lowest BCUT2D eigenvalue weighted by atomic mass is 10.2. The molecule has 1 aromatic carbocycles. The van der Waals surface area contributed by atoms with Gasteiger partial charge >= 0.3 is 0 Å². The molecule has 80 valence electrons. The number of furan rings is 1. The Bertz CT molecular complexity index is 401. The number of benzene rings is 1. The first kappa shape index (κ1) is 10.2. The minimum Gasteiger partial charge on any atom is -0.460 e. The molecular weight excluding hydrogens is 190 g/mol. The van der Waals surface area contributed by atoms with E-state index in [0.717, 1.165) is 16.7 Å². The summed E-state index contributed by atoms with van der Waals surface area (Å²) in [5.41, 5.74) is 0.909. The third-order valence-corrected chi connectivity index (χ3v) is 2.22. The molecule has 0 fully saturated rings. The van der Waals surface area contributed by atoms with E-state index in [0.29, 0.717) is 13.1 Å². The summed E-state index contributed by atoms with van der Waals surface area (Å²) >= 11 is 0. The van der Waals surface area contributed by atoms with Crippen LogP contribution in [0.1, 0.15) is 12.7 Å². The van der Waals surface area contributed by atoms with Gasteiger partial charge in [-0.1, -0.05) is 18.2 Å². The minimum absolute atomic E-state index is 0.325. The Balaban J connectivity index is 2.03. The number of aliphatic hydroxyl groups excluding tert-OH is 1. The van der Waals surface area contributed by atoms with Gasteiger partial charge in [0, 0.05) is 11.9 Å². The maximum Gasteiger partial charge on any atom is 0.134 e. The minimum atomic E-state index is -0.325. The van der Waals surface area contributed by atoms with Gasteiger partial charge in [0.25, 0.3) is 0 Å². The highest BCUT2D eigenvalue weighted by molar-refractivity contribution is 5.77. The molecule has 0 aliphatic rings. The van der Waals surface area contributed by atoms with Crippen LogP contribution in [0.25, 0.3) is 11.0 Å². The molecule has 2 N–H and O–H groups in total. The molecule has 0 aliphatic carbocycles. The van der Waals surface area contributed by atoms with Crippen LogP contribution in [0.15, 0.2) is 34.7 Å². The lowest BCUT2D eigenvalue weighted by Crippen LogP contribution is -2.23. The van der Waals surface area contributed by atoms with Crippen molar-refractivity contribution in [2.24, 2.45) is 0 Å². The Hall–Kier alpha value is -1.32. The third kappa shape index (κ3) is 2.58. The number of aliphatic hydroxyl groups is 1. The zero-order valence-electron chi connectivity index (χ0n) is 8.73. The van der Waals surface area contributed by atoms with E-state index in [-0.39, 0.29) is 6.10 Å². The van der Waals surface area contributed by atoms with Crippen LogP contribution in [0.5, 0.6) is 0 Å². The number of hydrogen-bond donors (Lipinski definition) is 2. The number of rotatable bonds is 4. The van der Waals surface area contributed by atoms with E-state index >= 15 is 0 Å². The summed E-state index contributed by atoms with van der Waals surface area (Å²) in [5.74, 6) is 0.900. The highest BCUT2D eigenvalue weighted by atomic mass is 16.3. The fraction of sp³-hybridized carbons (Fsp3) is 0.333. The molecule has 0 radical (unpaired) electrons. The largest absolute Gasteiger partial charge is 0.460 e. The third-order valence-electron chi connectivity index (χ3n) is 2.22. The molecule has 2 rings (SSSR count). The second-order valence-electron chi connectivity index (χ2n) is 3.73. The van der Waals surface area contributed by atoms with Crippen LogP contribution in [-0.4, -0.2) is 17.8 Å². The van der Waals surface area contributed by atoms with E-state index in [1.54, 1.807) is 6.92 Å². The van der Waals surface area contributed by atoms with Crippen molar-refractivity contribution < 1.29 is 9.52 Å². The predicted molar refractivity (Wildman–Crippen MR) is 59.6 cm³/mol. The van der Waals surface area contributed by atoms with Gasteiger partial charge in [-0.25, -0.2) is 0 Å². The summed E-state index contributed by atoms with van der Waals surface area (Å²) < 4.78 is 5.61. The molecule has 15 heavy (non-hydrogen) atoms. The highest BCUT2D eigenvalue weighted by Gasteiger charge is 2.02. The molecule has 0 spiro atoms. The normalized spacial score (nSPS) is 13.2. The van der Waals surface area contributed by atoms with Crippen LogP contribution in [0.4, 0.5) is 0 Å². The molecular formula is C12H15NO2. The number of hydrogen-bond acceptors (Lipinski definition) is 3. The molecule has 3 nitrogen and oxygen atoms in total. The molecule has 1 atom stereocenters. The van der Waals surface area contributed by atoms with E-state index < -0.39 is 0 Å². The first-order valence-corrected chi connectivity index (χ1v) is 5.12. The highest BCUT2D eigenvalue weighted by Crippen LogP contribution is 2.18. The van der Waals surface area contributed by atoms with Crippen molar-refractivity contribution >= 4 is 11.0 Å². The topological polar surface area (TPSA) is 45.4 Å². The van der Waals surface area contributed by atoms with E-state index in [4.69, 9.17) is 9.52 Å². The Morgan fingerprint density at radius 1 is 1.40 bits per heavy atom. The standard InChI is InChI=1S/C12H15NO2/c1-9(14)7-13-8-11-6-10-4-2-3-5-12(10)15-11/h2-6,9,13-14H,7-8H2,1H3/t9-/m1/s1. The maximum atomic E-state index is 9.08. The van der Waals surface area contributed by atoms with Gasteiger partial charge in [-0.3, -0.25) is 0 Å². The van der Waals surface area contributed by atoms with Gasteiger partial charge in [-0.2, -0.15) is 0 Å². The molecule has 0 bridgehead atoms. The van der Waals surface area contributed by atoms with Gasteiger partial charge in [0.05, 0.1) is 12.6 Å². The second-order valence-corrected chi connectivity index (χ2v) is 3.73. The Morgan fingerprint density at radius 3 is 2.93 bits per heavy atom. The summed E-state index contributed by atoms with van der Waals surface area (Å²) in [6.07, 6.45) is -0.325. The van der Waals surface area contributed by atoms with Crippen molar-refractivity contribution in [1.29, 1.82) is 0 Å². The first-order valence-electron chi connectivity index (χ1n) is 5.12. The van der Waals surface area contributed by atoms with Crippen LogP contribution < -0.4 is 5.32 Å². The summed E-state index contributed by atoms with van der Waals surface area (Å²) in [4.78, 5) is 0. The van der Waals surface area contributed by atoms with E-state index in [2.05, 4.69) is 5.32 Å². The fourth-order valence-electron chi connectivity index (χ4n) is 1.53. The van der Waals surface area contributed by atoms with E-state index in [1.807, 2.05) is 30.3 Å². The molecule has 3 heteroatoms. The van der Waals surface area contributed by atoms with Crippen LogP contribution >= 0.6 is 0 Å². The summed E-state index contributed by atoms with van der Waals surface area (Å²) in [5, 5.41) is 13.3. The lowest BCUT2D eigenvalue weighted by Gasteiger charge is -2.03. The van der Waals surface area contributed by atoms with Crippen LogP contribution in [-0.2, 0) is 6.54 Å². The second kappa shape index (κ2) is 4.47. The average molecular weight is 205 g/mol. The zero-order valence-corrected chi connectivity index (χ0v) is 8.73. The SMILES string of the molecule is C[C@@H](O)CNCc1cc2ccccc2o1. The number of fused-ring (bicyclic) bond motifs is 1. The van der Waals surface area contributed by atoms with Crippen LogP contribution in [0, 0.1) is 0 Å². The summed E-state index contributed by atoms with van der Waals surface area (Å²) in [6, 6.07) is 9.94. The molecule has 1 aromatic heterocycles. The summed E-state index contributed by atoms with van der Waals surface area (Å²) in [7, 11) is 0. The van der Waals surface area contributed by atoms with Gasteiger partial charge in [0.2, 0.25) is 0 Å². The van der Waals surface area contributed by atoms with Crippen molar-refractivity contribution in [3.8, 4) is 0 Å². The molecule has 1 heterocycles. The Kier molecular flexibility index (Phi) is 3.04. The maximum absolute atomic E-state index is 9.08. The van der Waals surface area contributed by atoms with Crippen molar-refractivity contribution in [3.05, 3.63) is 36.1 Å². The quantitative estimate of drug-likeness (QED) is 0.801. The first-order chi connectivity index (χ1) is 7.25. The van der Waals surface area contributed by atoms with Crippen LogP contribution in [0.3, 0.4) is 0 Å². The van der Waals surface area contributed by atoms with Crippen molar-refractivity contribution in [1.82, 2.24) is 5.32 Å². The van der Waals surface area contributed by atoms with Crippen molar-refractivity contribution in [2.75, 3.05) is 6.54 Å². The number of nitrogens with one attached hydrogen (secondary N) is 1. The molecule has 0 saturated carbocycles. The lowest BCUT2D eigenvalue weighted by molar-refractivity contribution is 0.190. The van der Waals surface area contributed by atoms with E-state index in [1.165, 1.54) is 0 Å². The molecule has 0 aliphatic heterocycles. The molecule has 0 amide bonds. The number of para-hydroxylation sites is 1. The van der Waals surface area contributed by atoms with Crippen molar-refractivity contribution in [3.63, 3.8) is 0 Å². The van der Waals surface area contributed by atoms with Gasteiger partial charge < -0.3 is 14.8 Å². The predicted octanol–water partition coefficient (Wildman–Crippen LogP) is 1.90. The van der Waals surface area contributed by atoms with Crippen molar-refractivity contribution in [2.45, 2.75) is 19.6 Å². The van der Waals surface area contributed by atoms with Gasteiger partial charge in [-0.15, -0.1) is 0 Å².